The van der Waals surface area contributed by atoms with E-state index in [1.165, 1.54) is 0 Å². The first-order chi connectivity index (χ1) is 8.91. The van der Waals surface area contributed by atoms with Crippen LogP contribution in [0.25, 0.3) is 11.1 Å². The summed E-state index contributed by atoms with van der Waals surface area (Å²) in [6.07, 6.45) is 0. The third kappa shape index (κ3) is 2.76. The van der Waals surface area contributed by atoms with E-state index in [1.54, 1.807) is 0 Å². The summed E-state index contributed by atoms with van der Waals surface area (Å²) in [6.45, 7) is 6.51. The molecule has 1 N–H and O–H groups in total. The van der Waals surface area contributed by atoms with Crippen molar-refractivity contribution in [2.45, 2.75) is 19.6 Å². The van der Waals surface area contributed by atoms with E-state index in [9.17, 15) is 9.90 Å². The number of carboxylic acid groups (broad SMARTS) is 1. The Bertz CT molecular complexity index is 598. The molecule has 0 aliphatic heterocycles. The van der Waals surface area contributed by atoms with Crippen LogP contribution in [0.3, 0.4) is 0 Å². The van der Waals surface area contributed by atoms with Crippen molar-refractivity contribution in [3.63, 3.8) is 0 Å². The van der Waals surface area contributed by atoms with Gasteiger partial charge in [0.05, 0.1) is 13.6 Å². The predicted octanol–water partition coefficient (Wildman–Crippen LogP) is 3.60. The lowest BCUT2D eigenvalue weighted by Gasteiger charge is -2.21. The number of hydrogen-bond acceptors (Lipinski definition) is 1. The highest BCUT2D eigenvalue weighted by atomic mass is 28.3. The zero-order chi connectivity index (χ0) is 14.0. The molecule has 0 unspecified atom stereocenters. The van der Waals surface area contributed by atoms with Crippen LogP contribution in [0.15, 0.2) is 48.5 Å². The van der Waals surface area contributed by atoms with Crippen LogP contribution in [-0.2, 0) is 0 Å². The fraction of sp³-hybridized carbons (Fsp3) is 0.188. The molecule has 2 aromatic rings. The minimum absolute atomic E-state index is 0.466. The highest BCUT2D eigenvalue weighted by Gasteiger charge is 2.25. The first kappa shape index (κ1) is 13.6. The molecule has 0 aliphatic carbocycles. The Kier molecular flexibility index (Phi) is 3.58. The zero-order valence-corrected chi connectivity index (χ0v) is 12.5. The monoisotopic (exact) mass is 270 g/mol. The van der Waals surface area contributed by atoms with E-state index in [-0.39, 0.29) is 0 Å². The molecule has 0 atom stereocenters. The molecule has 0 aliphatic rings. The smallest absolute Gasteiger partial charge is 0.336 e. The van der Waals surface area contributed by atoms with Crippen molar-refractivity contribution in [3.05, 3.63) is 54.1 Å². The maximum Gasteiger partial charge on any atom is 0.336 e. The van der Waals surface area contributed by atoms with Gasteiger partial charge in [0.25, 0.3) is 0 Å². The van der Waals surface area contributed by atoms with Crippen LogP contribution in [0, 0.1) is 0 Å². The summed E-state index contributed by atoms with van der Waals surface area (Å²) in [5.74, 6) is -0.836. The van der Waals surface area contributed by atoms with Crippen LogP contribution in [0.2, 0.25) is 19.6 Å². The van der Waals surface area contributed by atoms with Crippen LogP contribution >= 0.6 is 0 Å². The summed E-state index contributed by atoms with van der Waals surface area (Å²) >= 11 is 0. The molecular formula is C16H18O2Si. The number of hydrogen-bond donors (Lipinski definition) is 1. The van der Waals surface area contributed by atoms with E-state index in [1.807, 2.05) is 48.5 Å². The molecule has 0 saturated heterocycles. The Morgan fingerprint density at radius 3 is 2.11 bits per heavy atom. The van der Waals surface area contributed by atoms with Crippen molar-refractivity contribution in [2.24, 2.45) is 0 Å². The number of carboxylic acids is 1. The summed E-state index contributed by atoms with van der Waals surface area (Å²) in [6, 6.07) is 15.5. The number of rotatable bonds is 3. The van der Waals surface area contributed by atoms with E-state index in [4.69, 9.17) is 0 Å². The second kappa shape index (κ2) is 5.01. The van der Waals surface area contributed by atoms with Crippen LogP contribution in [0.4, 0.5) is 0 Å². The van der Waals surface area contributed by atoms with Crippen molar-refractivity contribution in [2.75, 3.05) is 0 Å². The zero-order valence-electron chi connectivity index (χ0n) is 11.5. The second-order valence-corrected chi connectivity index (χ2v) is 10.7. The maximum absolute atomic E-state index is 11.7. The van der Waals surface area contributed by atoms with E-state index in [0.29, 0.717) is 5.56 Å². The molecule has 19 heavy (non-hydrogen) atoms. The summed E-state index contributed by atoms with van der Waals surface area (Å²) in [7, 11) is -1.69. The van der Waals surface area contributed by atoms with Crippen LogP contribution in [0.5, 0.6) is 0 Å². The van der Waals surface area contributed by atoms with Gasteiger partial charge < -0.3 is 5.11 Å². The predicted molar refractivity (Wildman–Crippen MR) is 81.8 cm³/mol. The third-order valence-electron chi connectivity index (χ3n) is 3.17. The van der Waals surface area contributed by atoms with Crippen molar-refractivity contribution < 1.29 is 9.90 Å². The molecule has 0 saturated carbocycles. The van der Waals surface area contributed by atoms with Gasteiger partial charge in [-0.15, -0.1) is 0 Å². The van der Waals surface area contributed by atoms with Gasteiger partial charge in [-0.1, -0.05) is 68.2 Å². The number of benzene rings is 2. The van der Waals surface area contributed by atoms with E-state index >= 15 is 0 Å². The van der Waals surface area contributed by atoms with E-state index < -0.39 is 14.0 Å². The molecule has 0 bridgehead atoms. The molecule has 2 aromatic carbocycles. The van der Waals surface area contributed by atoms with Gasteiger partial charge >= 0.3 is 5.97 Å². The first-order valence-electron chi connectivity index (χ1n) is 6.33. The second-order valence-electron chi connectivity index (χ2n) is 5.65. The Balaban J connectivity index is 2.73. The van der Waals surface area contributed by atoms with E-state index in [0.717, 1.165) is 16.3 Å². The Labute approximate surface area is 114 Å². The van der Waals surface area contributed by atoms with Gasteiger partial charge in [0.2, 0.25) is 0 Å². The van der Waals surface area contributed by atoms with Crippen molar-refractivity contribution >= 4 is 19.2 Å². The lowest BCUT2D eigenvalue weighted by atomic mass is 10.00. The quantitative estimate of drug-likeness (QED) is 0.865. The Morgan fingerprint density at radius 1 is 0.947 bits per heavy atom. The van der Waals surface area contributed by atoms with Gasteiger partial charge in [-0.25, -0.2) is 4.79 Å². The molecule has 98 valence electrons. The molecule has 0 aromatic heterocycles. The topological polar surface area (TPSA) is 37.3 Å². The molecule has 0 spiro atoms. The minimum Gasteiger partial charge on any atom is -0.478 e. The number of aromatic carboxylic acids is 1. The summed E-state index contributed by atoms with van der Waals surface area (Å²) < 4.78 is 0. The van der Waals surface area contributed by atoms with Gasteiger partial charge in [-0.3, -0.25) is 0 Å². The van der Waals surface area contributed by atoms with Gasteiger partial charge in [0.1, 0.15) is 0 Å². The first-order valence-corrected chi connectivity index (χ1v) is 9.83. The van der Waals surface area contributed by atoms with Crippen molar-refractivity contribution in [1.82, 2.24) is 0 Å². The largest absolute Gasteiger partial charge is 0.478 e. The average Bonchev–Trinajstić information content (AvgIpc) is 2.37. The molecule has 2 rings (SSSR count). The molecule has 0 amide bonds. The molecule has 2 nitrogen and oxygen atoms in total. The van der Waals surface area contributed by atoms with Crippen LogP contribution in [-0.4, -0.2) is 19.1 Å². The normalized spacial score (nSPS) is 11.3. The summed E-state index contributed by atoms with van der Waals surface area (Å²) in [5.41, 5.74) is 2.24. The lowest BCUT2D eigenvalue weighted by Crippen LogP contribution is -2.41. The van der Waals surface area contributed by atoms with E-state index in [2.05, 4.69) is 19.6 Å². The molecule has 0 fully saturated rings. The van der Waals surface area contributed by atoms with Gasteiger partial charge in [0, 0.05) is 0 Å². The summed E-state index contributed by atoms with van der Waals surface area (Å²) in [4.78, 5) is 11.7. The number of carbonyl (C=O) groups is 1. The van der Waals surface area contributed by atoms with Crippen molar-refractivity contribution in [1.29, 1.82) is 0 Å². The van der Waals surface area contributed by atoms with Gasteiger partial charge in [0.15, 0.2) is 0 Å². The molecule has 0 radical (unpaired) electrons. The highest BCUT2D eigenvalue weighted by Crippen LogP contribution is 2.24. The SMILES string of the molecule is C[Si](C)(C)c1cccc(-c2ccccc2)c1C(=O)O. The van der Waals surface area contributed by atoms with Crippen molar-refractivity contribution in [3.8, 4) is 11.1 Å². The standard InChI is InChI=1S/C16H18O2Si/c1-19(2,3)14-11-7-10-13(15(14)16(17)18)12-8-5-4-6-9-12/h4-11H,1-3H3,(H,17,18). The highest BCUT2D eigenvalue weighted by molar-refractivity contribution is 6.89. The molecule has 3 heteroatoms. The maximum atomic E-state index is 11.7. The fourth-order valence-electron chi connectivity index (χ4n) is 2.27. The van der Waals surface area contributed by atoms with Gasteiger partial charge in [-0.2, -0.15) is 0 Å². The fourth-order valence-corrected chi connectivity index (χ4v) is 3.85. The third-order valence-corrected chi connectivity index (χ3v) is 5.20. The lowest BCUT2D eigenvalue weighted by molar-refractivity contribution is 0.0699. The minimum atomic E-state index is -1.69. The molecule has 0 heterocycles. The van der Waals surface area contributed by atoms with Crippen LogP contribution in [0.1, 0.15) is 10.4 Å². The Morgan fingerprint density at radius 2 is 1.58 bits per heavy atom. The average molecular weight is 270 g/mol. The molecular weight excluding hydrogens is 252 g/mol. The summed E-state index contributed by atoms with van der Waals surface area (Å²) in [5, 5.41) is 10.6. The Hall–Kier alpha value is -1.87. The van der Waals surface area contributed by atoms with Gasteiger partial charge in [-0.05, 0) is 16.3 Å². The van der Waals surface area contributed by atoms with Crippen LogP contribution < -0.4 is 5.19 Å².